The van der Waals surface area contributed by atoms with Crippen LogP contribution in [0.3, 0.4) is 0 Å². The quantitative estimate of drug-likeness (QED) is 0.286. The van der Waals surface area contributed by atoms with Gasteiger partial charge in [-0.25, -0.2) is 17.7 Å². The Morgan fingerprint density at radius 2 is 2.03 bits per heavy atom. The number of carbonyl (C=O) groups is 1. The Bertz CT molecular complexity index is 1680. The van der Waals surface area contributed by atoms with Gasteiger partial charge in [-0.3, -0.25) is 4.79 Å². The molecule has 1 atom stereocenters. The summed E-state index contributed by atoms with van der Waals surface area (Å²) >= 11 is 0. The Kier molecular flexibility index (Phi) is 3.23. The van der Waals surface area contributed by atoms with E-state index in [1.54, 1.807) is 0 Å². The Labute approximate surface area is 194 Å². The molecule has 1 amide bonds. The molecule has 0 fully saturated rings. The van der Waals surface area contributed by atoms with Crippen molar-refractivity contribution < 1.29 is 51.0 Å². The summed E-state index contributed by atoms with van der Waals surface area (Å²) < 4.78 is 187. The van der Waals surface area contributed by atoms with Gasteiger partial charge in [-0.1, -0.05) is 13.0 Å². The number of rotatable bonds is 7. The minimum atomic E-state index is -6.26. The lowest BCUT2D eigenvalue weighted by atomic mass is 10.0. The van der Waals surface area contributed by atoms with Crippen LogP contribution in [0.1, 0.15) is 38.1 Å². The van der Waals surface area contributed by atoms with Crippen molar-refractivity contribution in [1.29, 1.82) is 2.86 Å². The maximum atomic E-state index is 14.2. The first kappa shape index (κ1) is 11.6. The molecule has 0 spiro atoms. The Morgan fingerprint density at radius 3 is 2.58 bits per heavy atom. The number of anilines is 1. The van der Waals surface area contributed by atoms with E-state index in [1.807, 2.05) is 0 Å². The van der Waals surface area contributed by atoms with Crippen LogP contribution >= 0.6 is 0 Å². The zero-order valence-electron chi connectivity index (χ0n) is 28.4. The standard InChI is InChI=1S/C20H18F4N2O4S/c1-4-19(28,11-31(29,30)17-8-5-13(21)9-12(17)2)18(27)26-14-6-7-16(25-3)15(10-14)20(22,23)24/h5-10,28H,4,11H2,1-2H3,(H,26,27)/p+1/i4D2,5D,6D,7D,8D,9D,10D,11D2,28D/hD2. The van der Waals surface area contributed by atoms with Gasteiger partial charge in [0.1, 0.15) is 11.5 Å². The molecule has 0 bridgehead atoms. The molecular weight excluding hydrogens is 440 g/mol. The summed E-state index contributed by atoms with van der Waals surface area (Å²) in [5, 5.41) is -1.10. The minimum absolute atomic E-state index is 0.0991. The zero-order chi connectivity index (χ0) is 34.9. The molecule has 0 radical (unpaired) electrons. The van der Waals surface area contributed by atoms with Gasteiger partial charge < -0.3 is 10.4 Å². The summed E-state index contributed by atoms with van der Waals surface area (Å²) in [4.78, 5) is 14.6. The molecule has 0 heterocycles. The normalized spacial score (nSPS) is 20.9. The molecule has 0 aliphatic carbocycles. The number of hydrogen-bond acceptors (Lipinski definition) is 3. The summed E-state index contributed by atoms with van der Waals surface area (Å²) in [5.41, 5.74) is -16.1. The number of nitrogens with zero attached hydrogens (tertiary/aromatic N) is 1. The van der Waals surface area contributed by atoms with Crippen LogP contribution in [0, 0.1) is 19.3 Å². The monoisotopic (exact) mass is 472 g/mol. The summed E-state index contributed by atoms with van der Waals surface area (Å²) in [7, 11) is -6.26. The van der Waals surface area contributed by atoms with Crippen molar-refractivity contribution in [3.8, 4) is 0 Å². The van der Waals surface area contributed by atoms with Crippen molar-refractivity contribution >= 4 is 27.1 Å². The highest BCUT2D eigenvalue weighted by Crippen LogP contribution is 2.38. The van der Waals surface area contributed by atoms with Gasteiger partial charge in [0.15, 0.2) is 16.9 Å². The van der Waals surface area contributed by atoms with E-state index in [-0.39, 0.29) is 12.0 Å². The molecule has 166 valence electrons. The smallest absolute Gasteiger partial charge is 0.433 e. The van der Waals surface area contributed by atoms with Crippen LogP contribution in [0.4, 0.5) is 28.9 Å². The second-order valence-electron chi connectivity index (χ2n) is 5.65. The molecule has 3 N–H and O–H groups in total. The van der Waals surface area contributed by atoms with Crippen LogP contribution in [0.25, 0.3) is 4.85 Å². The molecule has 6 nitrogen and oxygen atoms in total. The topological polar surface area (TPSA) is 90.5 Å². The first-order valence-corrected chi connectivity index (χ1v) is 9.28. The number of alkyl halides is 3. The van der Waals surface area contributed by atoms with Crippen LogP contribution in [0.2, 0.25) is 1.41 Å². The molecule has 0 aromatic heterocycles. The van der Waals surface area contributed by atoms with Crippen molar-refractivity contribution in [1.82, 2.24) is 0 Å². The van der Waals surface area contributed by atoms with Crippen LogP contribution < -0.4 is 5.31 Å². The minimum Gasteiger partial charge on any atom is -0.433 e. The van der Waals surface area contributed by atoms with Crippen molar-refractivity contribution in [2.45, 2.75) is 36.9 Å². The number of hydrogen-bond donors (Lipinski definition) is 1. The SMILES string of the molecule is [2H]c1c([2H])c(S(=O)(=O)C([2H])([2H])C(C(=O)N([2H])c2c([2H])c([2H])c([N+]#[C-])c(C(F)(F)F)c2[2H])([O+]([2H])[2H])C([2H])([2H])C)c(C)c([2H])c1F. The second kappa shape index (κ2) is 8.64. The van der Waals surface area contributed by atoms with Crippen molar-refractivity contribution in [3.63, 3.8) is 0 Å². The molecule has 2 rings (SSSR count). The Morgan fingerprint density at radius 1 is 1.35 bits per heavy atom. The van der Waals surface area contributed by atoms with Crippen LogP contribution in [0.5, 0.6) is 0 Å². The highest BCUT2D eigenvalue weighted by atomic mass is 32.2. The lowest BCUT2D eigenvalue weighted by molar-refractivity contribution is -0.137. The van der Waals surface area contributed by atoms with E-state index >= 15 is 0 Å². The number of benzene rings is 2. The molecule has 2 aromatic rings. The van der Waals surface area contributed by atoms with E-state index in [1.165, 1.54) is 0 Å². The molecule has 2 aromatic carbocycles. The fraction of sp³-hybridized carbons (Fsp3) is 0.300. The second-order valence-corrected chi connectivity index (χ2v) is 7.27. The number of sulfone groups is 1. The molecule has 31 heavy (non-hydrogen) atoms. The third-order valence-electron chi connectivity index (χ3n) is 3.51. The average Bonchev–Trinajstić information content (AvgIpc) is 2.86. The average molecular weight is 473 g/mol. The molecular formula is C20H19F4N2O4S+. The van der Waals surface area contributed by atoms with Gasteiger partial charge in [0.25, 0.3) is 5.60 Å². The molecule has 0 aliphatic heterocycles. The fourth-order valence-corrected chi connectivity index (χ4v) is 3.39. The summed E-state index contributed by atoms with van der Waals surface area (Å²) in [6, 6.07) is -9.72. The molecule has 11 heteroatoms. The maximum absolute atomic E-state index is 14.2. The van der Waals surface area contributed by atoms with E-state index in [2.05, 4.69) is 4.85 Å². The van der Waals surface area contributed by atoms with Crippen molar-refractivity contribution in [2.24, 2.45) is 0 Å². The first-order valence-electron chi connectivity index (χ1n) is 14.1. The highest BCUT2D eigenvalue weighted by Gasteiger charge is 2.45. The van der Waals surface area contributed by atoms with E-state index in [4.69, 9.17) is 24.6 Å². The molecule has 1 unspecified atom stereocenters. The Balaban J connectivity index is 3.15. The fourth-order valence-electron chi connectivity index (χ4n) is 2.08. The van der Waals surface area contributed by atoms with Crippen molar-refractivity contribution in [3.05, 3.63) is 64.6 Å². The van der Waals surface area contributed by atoms with E-state index < -0.39 is 114 Å². The number of nitrogens with one attached hydrogen (secondary N) is 1. The molecule has 0 aliphatic rings. The third kappa shape index (κ3) is 5.39. The maximum Gasteiger partial charge on any atom is 0.488 e. The van der Waals surface area contributed by atoms with Gasteiger partial charge in [-0.2, -0.15) is 13.2 Å². The van der Waals surface area contributed by atoms with Crippen LogP contribution in [0.15, 0.2) is 41.1 Å². The number of amides is 1. The highest BCUT2D eigenvalue weighted by molar-refractivity contribution is 7.91. The van der Waals surface area contributed by atoms with Gasteiger partial charge >= 0.3 is 14.9 Å². The van der Waals surface area contributed by atoms with E-state index in [0.29, 0.717) is 6.92 Å². The third-order valence-corrected chi connectivity index (χ3v) is 5.01. The van der Waals surface area contributed by atoms with Crippen molar-refractivity contribution in [2.75, 3.05) is 11.0 Å². The van der Waals surface area contributed by atoms with Crippen LogP contribution in [-0.2, 0) is 20.8 Å². The largest absolute Gasteiger partial charge is 0.488 e. The Hall–Kier alpha value is -2.97. The van der Waals surface area contributed by atoms with Gasteiger partial charge in [0.2, 0.25) is 0 Å². The first-order chi connectivity index (χ1) is 19.6. The van der Waals surface area contributed by atoms with Crippen LogP contribution in [-0.4, -0.2) is 33.6 Å². The number of halogens is 4. The molecule has 0 saturated heterocycles. The van der Waals surface area contributed by atoms with E-state index in [0.717, 1.165) is 0 Å². The lowest BCUT2D eigenvalue weighted by Gasteiger charge is -2.22. The summed E-state index contributed by atoms with van der Waals surface area (Å²) in [5.74, 6) is -4.45. The summed E-state index contributed by atoms with van der Waals surface area (Å²) in [6.45, 7) is 7.81. The summed E-state index contributed by atoms with van der Waals surface area (Å²) in [6.07, 6.45) is -9.49. The predicted molar refractivity (Wildman–Crippen MR) is 106 cm³/mol. The van der Waals surface area contributed by atoms with Gasteiger partial charge in [-0.05, 0) is 42.7 Å². The molecule has 0 saturated carbocycles. The predicted octanol–water partition coefficient (Wildman–Crippen LogP) is 3.99. The van der Waals surface area contributed by atoms with E-state index in [9.17, 15) is 30.8 Å². The number of carbonyl (C=O) groups excluding carboxylic acids is 1. The van der Waals surface area contributed by atoms with Gasteiger partial charge in [0.05, 0.1) is 26.6 Å². The lowest BCUT2D eigenvalue weighted by Crippen LogP contribution is -2.48. The van der Waals surface area contributed by atoms with Gasteiger partial charge in [-0.15, -0.1) is 0 Å². The zero-order valence-corrected chi connectivity index (χ0v) is 16.3. The van der Waals surface area contributed by atoms with Gasteiger partial charge in [0, 0.05) is 16.2 Å².